The van der Waals surface area contributed by atoms with Gasteiger partial charge in [0.25, 0.3) is 0 Å². The lowest BCUT2D eigenvalue weighted by molar-refractivity contribution is -0.131. The number of hydrogen-bond acceptors (Lipinski definition) is 6. The van der Waals surface area contributed by atoms with Crippen LogP contribution in [0.4, 0.5) is 0 Å². The molecule has 0 radical (unpaired) electrons. The van der Waals surface area contributed by atoms with Crippen LogP contribution in [0.15, 0.2) is 91.1 Å². The number of imide groups is 1. The molecule has 0 spiro atoms. The quantitative estimate of drug-likeness (QED) is 0.171. The lowest BCUT2D eigenvalue weighted by Gasteiger charge is -2.19. The maximum atomic E-state index is 12.5. The molecule has 0 saturated heterocycles. The number of phenolic OH excluding ortho intramolecular Hbond substituents is 1. The highest BCUT2D eigenvalue weighted by atomic mass is 16.3. The Balaban J connectivity index is 1.25. The second-order valence-corrected chi connectivity index (χ2v) is 12.2. The second-order valence-electron chi connectivity index (χ2n) is 12.2. The van der Waals surface area contributed by atoms with Crippen LogP contribution in [0.5, 0.6) is 5.75 Å². The zero-order valence-electron chi connectivity index (χ0n) is 25.5. The third kappa shape index (κ3) is 7.57. The molecule has 2 aromatic heterocycles. The Hall–Kier alpha value is -4.82. The summed E-state index contributed by atoms with van der Waals surface area (Å²) in [6, 6.07) is 26.3. The van der Waals surface area contributed by atoms with Gasteiger partial charge in [0, 0.05) is 29.3 Å². The zero-order valence-corrected chi connectivity index (χ0v) is 25.5. The standard InChI is InChI=1S/C36H39N5O3/c1-36(2,3)27-14-16-28(17-15-27)41-29(22-33(40-41)26-21-25-8-4-6-10-32(25)38-23-26)9-5-7-11-34(43)39-35(44)31(37)20-24-12-18-30(42)19-13-24/h4,6,8,10,12-19,21-23,31,42H,5,7,9,11,20,37H2,1-3H3,(H,39,43,44). The summed E-state index contributed by atoms with van der Waals surface area (Å²) in [5.41, 5.74) is 12.8. The third-order valence-corrected chi connectivity index (χ3v) is 7.73. The number of nitrogens with two attached hydrogens (primary N) is 1. The number of carbonyl (C=O) groups excluding carboxylic acids is 2. The van der Waals surface area contributed by atoms with Crippen LogP contribution in [0.3, 0.4) is 0 Å². The minimum absolute atomic E-state index is 0.0464. The molecule has 4 N–H and O–H groups in total. The average Bonchev–Trinajstić information content (AvgIpc) is 3.44. The SMILES string of the molecule is CC(C)(C)c1ccc(-n2nc(-c3cnc4ccccc4c3)cc2CCCCC(=O)NC(=O)C(N)Cc2ccc(O)cc2)cc1. The fourth-order valence-electron chi connectivity index (χ4n) is 5.14. The molecular weight excluding hydrogens is 550 g/mol. The molecule has 0 bridgehead atoms. The first-order valence-corrected chi connectivity index (χ1v) is 15.0. The van der Waals surface area contributed by atoms with E-state index in [1.165, 1.54) is 5.56 Å². The molecule has 3 aromatic carbocycles. The van der Waals surface area contributed by atoms with Crippen molar-refractivity contribution in [2.75, 3.05) is 0 Å². The van der Waals surface area contributed by atoms with E-state index in [1.807, 2.05) is 35.1 Å². The lowest BCUT2D eigenvalue weighted by Crippen LogP contribution is -2.44. The van der Waals surface area contributed by atoms with Gasteiger partial charge in [0.15, 0.2) is 0 Å². The molecule has 5 rings (SSSR count). The van der Waals surface area contributed by atoms with Crippen molar-refractivity contribution in [1.29, 1.82) is 0 Å². The van der Waals surface area contributed by atoms with Crippen molar-refractivity contribution in [1.82, 2.24) is 20.1 Å². The van der Waals surface area contributed by atoms with Gasteiger partial charge >= 0.3 is 0 Å². The van der Waals surface area contributed by atoms with Crippen molar-refractivity contribution in [2.45, 2.75) is 64.3 Å². The van der Waals surface area contributed by atoms with Crippen LogP contribution >= 0.6 is 0 Å². The summed E-state index contributed by atoms with van der Waals surface area (Å²) in [5, 5.41) is 17.9. The number of fused-ring (bicyclic) bond motifs is 1. The fourth-order valence-corrected chi connectivity index (χ4v) is 5.14. The van der Waals surface area contributed by atoms with Crippen LogP contribution < -0.4 is 11.1 Å². The Bertz CT molecular complexity index is 1750. The lowest BCUT2D eigenvalue weighted by atomic mass is 9.87. The van der Waals surface area contributed by atoms with Crippen LogP contribution in [-0.2, 0) is 27.8 Å². The number of rotatable bonds is 10. The van der Waals surface area contributed by atoms with Crippen molar-refractivity contribution in [3.8, 4) is 22.7 Å². The third-order valence-electron chi connectivity index (χ3n) is 7.73. The first-order chi connectivity index (χ1) is 21.1. The van der Waals surface area contributed by atoms with E-state index in [-0.39, 0.29) is 29.9 Å². The number of carbonyl (C=O) groups is 2. The largest absolute Gasteiger partial charge is 0.508 e. The maximum Gasteiger partial charge on any atom is 0.243 e. The van der Waals surface area contributed by atoms with Crippen molar-refractivity contribution in [3.63, 3.8) is 0 Å². The van der Waals surface area contributed by atoms with Gasteiger partial charge in [-0.05, 0) is 84.7 Å². The Labute approximate surface area is 257 Å². The normalized spacial score (nSPS) is 12.3. The molecular formula is C36H39N5O3. The summed E-state index contributed by atoms with van der Waals surface area (Å²) in [6.07, 6.45) is 4.39. The summed E-state index contributed by atoms with van der Waals surface area (Å²) in [6.45, 7) is 6.58. The van der Waals surface area contributed by atoms with Gasteiger partial charge in [-0.2, -0.15) is 5.10 Å². The van der Waals surface area contributed by atoms with E-state index in [0.29, 0.717) is 12.8 Å². The monoisotopic (exact) mass is 589 g/mol. The number of nitrogens with one attached hydrogen (secondary N) is 1. The molecule has 0 fully saturated rings. The number of aryl methyl sites for hydroxylation is 1. The van der Waals surface area contributed by atoms with Gasteiger partial charge in [-0.1, -0.05) is 63.2 Å². The Kier molecular flexibility index (Phi) is 9.20. The summed E-state index contributed by atoms with van der Waals surface area (Å²) in [5.74, 6) is -0.704. The summed E-state index contributed by atoms with van der Waals surface area (Å²) in [4.78, 5) is 29.6. The maximum absolute atomic E-state index is 12.5. The van der Waals surface area contributed by atoms with Crippen molar-refractivity contribution in [2.24, 2.45) is 5.73 Å². The predicted molar refractivity (Wildman–Crippen MR) is 173 cm³/mol. The minimum Gasteiger partial charge on any atom is -0.508 e. The highest BCUT2D eigenvalue weighted by molar-refractivity contribution is 5.97. The van der Waals surface area contributed by atoms with Gasteiger partial charge < -0.3 is 10.8 Å². The Morgan fingerprint density at radius 3 is 2.41 bits per heavy atom. The number of aromatic nitrogens is 3. The predicted octanol–water partition coefficient (Wildman–Crippen LogP) is 6.02. The van der Waals surface area contributed by atoms with Crippen molar-refractivity contribution < 1.29 is 14.7 Å². The summed E-state index contributed by atoms with van der Waals surface area (Å²) >= 11 is 0. The van der Waals surface area contributed by atoms with E-state index in [9.17, 15) is 14.7 Å². The topological polar surface area (TPSA) is 123 Å². The molecule has 5 aromatic rings. The smallest absolute Gasteiger partial charge is 0.243 e. The molecule has 0 aliphatic rings. The molecule has 1 atom stereocenters. The van der Waals surface area contributed by atoms with Gasteiger partial charge in [-0.3, -0.25) is 19.9 Å². The Morgan fingerprint density at radius 2 is 1.68 bits per heavy atom. The van der Waals surface area contributed by atoms with Crippen LogP contribution in [0.2, 0.25) is 0 Å². The van der Waals surface area contributed by atoms with E-state index >= 15 is 0 Å². The molecule has 226 valence electrons. The van der Waals surface area contributed by atoms with Crippen LogP contribution in [0, 0.1) is 0 Å². The van der Waals surface area contributed by atoms with Gasteiger partial charge in [-0.25, -0.2) is 4.68 Å². The number of hydrogen-bond donors (Lipinski definition) is 3. The van der Waals surface area contributed by atoms with Crippen LogP contribution in [0.25, 0.3) is 27.8 Å². The van der Waals surface area contributed by atoms with E-state index < -0.39 is 11.9 Å². The molecule has 2 heterocycles. The second kappa shape index (κ2) is 13.2. The number of amides is 2. The first kappa shape index (κ1) is 30.6. The van der Waals surface area contributed by atoms with Gasteiger partial charge in [0.2, 0.25) is 11.8 Å². The van der Waals surface area contributed by atoms with E-state index in [1.54, 1.807) is 24.3 Å². The molecule has 0 saturated carbocycles. The molecule has 44 heavy (non-hydrogen) atoms. The number of phenols is 1. The number of benzene rings is 3. The van der Waals surface area contributed by atoms with Gasteiger partial charge in [0.1, 0.15) is 5.75 Å². The fraction of sp³-hybridized carbons (Fsp3) is 0.278. The first-order valence-electron chi connectivity index (χ1n) is 15.0. The van der Waals surface area contributed by atoms with Gasteiger partial charge in [0.05, 0.1) is 22.9 Å². The highest BCUT2D eigenvalue weighted by Crippen LogP contribution is 2.27. The minimum atomic E-state index is -0.856. The number of pyridine rings is 1. The number of aromatic hydroxyl groups is 1. The average molecular weight is 590 g/mol. The molecule has 2 amide bonds. The number of para-hydroxylation sites is 1. The van der Waals surface area contributed by atoms with Crippen LogP contribution in [0.1, 0.15) is 56.9 Å². The van der Waals surface area contributed by atoms with E-state index in [0.717, 1.165) is 45.5 Å². The summed E-state index contributed by atoms with van der Waals surface area (Å²) in [7, 11) is 0. The van der Waals surface area contributed by atoms with E-state index in [2.05, 4.69) is 67.5 Å². The van der Waals surface area contributed by atoms with Crippen LogP contribution in [-0.4, -0.2) is 37.7 Å². The molecule has 8 nitrogen and oxygen atoms in total. The van der Waals surface area contributed by atoms with Crippen molar-refractivity contribution in [3.05, 3.63) is 108 Å². The zero-order chi connectivity index (χ0) is 31.3. The molecule has 0 aliphatic heterocycles. The van der Waals surface area contributed by atoms with Crippen molar-refractivity contribution >= 4 is 22.7 Å². The van der Waals surface area contributed by atoms with E-state index in [4.69, 9.17) is 10.8 Å². The molecule has 8 heteroatoms. The van der Waals surface area contributed by atoms with Gasteiger partial charge in [-0.15, -0.1) is 0 Å². The molecule has 1 unspecified atom stereocenters. The number of nitrogens with zero attached hydrogens (tertiary/aromatic N) is 3. The Morgan fingerprint density at radius 1 is 0.955 bits per heavy atom. The highest BCUT2D eigenvalue weighted by Gasteiger charge is 2.18. The summed E-state index contributed by atoms with van der Waals surface area (Å²) < 4.78 is 1.98. The number of unbranched alkanes of at least 4 members (excludes halogenated alkanes) is 1. The molecule has 0 aliphatic carbocycles.